The highest BCUT2D eigenvalue weighted by molar-refractivity contribution is 5.33. The fourth-order valence-corrected chi connectivity index (χ4v) is 17.2. The van der Waals surface area contributed by atoms with Crippen LogP contribution < -0.4 is 0 Å². The highest BCUT2D eigenvalue weighted by atomic mass is 16.8. The normalized spacial score (nSPS) is 54.9. The van der Waals surface area contributed by atoms with E-state index in [1.165, 1.54) is 6.92 Å². The minimum absolute atomic E-state index is 0.0436. The molecule has 76 heavy (non-hydrogen) atoms. The molecule has 0 aromatic heterocycles. The minimum Gasteiger partial charge on any atom is -0.394 e. The van der Waals surface area contributed by atoms with E-state index in [-0.39, 0.29) is 47.5 Å². The number of ether oxygens (including phenoxy) is 8. The molecule has 0 aromatic rings. The van der Waals surface area contributed by atoms with Gasteiger partial charge in [-0.1, -0.05) is 34.6 Å². The lowest BCUT2D eigenvalue weighted by molar-refractivity contribution is -0.366. The maximum Gasteiger partial charge on any atom is 0.187 e. The zero-order valence-corrected chi connectivity index (χ0v) is 45.0. The van der Waals surface area contributed by atoms with E-state index in [0.717, 1.165) is 19.3 Å². The Bertz CT molecular complexity index is 1990. The zero-order chi connectivity index (χ0) is 55.7. The first-order valence-corrected chi connectivity index (χ1v) is 27.7. The fraction of sp³-hybridized carbons (Fsp3) is 1.00. The van der Waals surface area contributed by atoms with Gasteiger partial charge in [-0.15, -0.1) is 0 Å². The fourth-order valence-electron chi connectivity index (χ4n) is 17.2. The molecule has 4 aliphatic heterocycles. The van der Waals surface area contributed by atoms with Gasteiger partial charge in [-0.3, -0.25) is 0 Å². The number of aliphatic hydroxyl groups is 15. The van der Waals surface area contributed by atoms with Gasteiger partial charge in [0.05, 0.1) is 55.9 Å². The van der Waals surface area contributed by atoms with Crippen molar-refractivity contribution in [2.75, 3.05) is 19.8 Å². The Morgan fingerprint density at radius 2 is 1.18 bits per heavy atom. The molecule has 0 aromatic carbocycles. The van der Waals surface area contributed by atoms with Crippen LogP contribution in [0, 0.1) is 50.7 Å². The van der Waals surface area contributed by atoms with Crippen molar-refractivity contribution < 1.29 is 114 Å². The lowest BCUT2D eigenvalue weighted by atomic mass is 9.41. The second kappa shape index (κ2) is 21.4. The van der Waals surface area contributed by atoms with Gasteiger partial charge in [0, 0.05) is 0 Å². The average Bonchev–Trinajstić information content (AvgIpc) is 4.01. The minimum atomic E-state index is -1.72. The van der Waals surface area contributed by atoms with Crippen molar-refractivity contribution in [2.45, 2.75) is 260 Å². The predicted octanol–water partition coefficient (Wildman–Crippen LogP) is -2.76. The number of hydrogen-bond donors (Lipinski definition) is 15. The van der Waals surface area contributed by atoms with Crippen LogP contribution >= 0.6 is 0 Å². The molecule has 9 rings (SSSR count). The summed E-state index contributed by atoms with van der Waals surface area (Å²) in [6.45, 7) is 13.7. The third-order valence-electron chi connectivity index (χ3n) is 21.4. The van der Waals surface area contributed by atoms with E-state index in [2.05, 4.69) is 34.6 Å². The number of hydrogen-bond acceptors (Lipinski definition) is 23. The standard InChI is InChI=1S/C53H90O23/c1-21(9-10-30(49(5,6)68)75-46-41(67)38(64)35(61)27(18-55)73-46)31-23(56)16-51(8)28-15-25(71-45-40(66)37(63)34(60)26(17-54)72-45)43-48(3,4)29(11-12-53(43)20-52(28,53)14-13-50(31,51)7)74-47-42(33(59)24(57)19-69-47)76-44-39(65)36(62)32(58)22(2)70-44/h21-47,54-68H,9-20H2,1-8H3. The summed E-state index contributed by atoms with van der Waals surface area (Å²) in [6.07, 6.45) is -26.0. The lowest BCUT2D eigenvalue weighted by Crippen LogP contribution is -2.65. The number of rotatable bonds is 15. The smallest absolute Gasteiger partial charge is 0.187 e. The summed E-state index contributed by atoms with van der Waals surface area (Å²) in [5.74, 6) is -0.714. The highest BCUT2D eigenvalue weighted by Gasteiger charge is 2.85. The third-order valence-corrected chi connectivity index (χ3v) is 21.4. The maximum atomic E-state index is 12.4. The molecular formula is C53H90O23. The van der Waals surface area contributed by atoms with E-state index < -0.39 is 176 Å². The van der Waals surface area contributed by atoms with Gasteiger partial charge in [-0.2, -0.15) is 0 Å². The quantitative estimate of drug-likeness (QED) is 0.0739. The monoisotopic (exact) mass is 1090 g/mol. The first-order valence-electron chi connectivity index (χ1n) is 27.7. The molecule has 5 saturated carbocycles. The Labute approximate surface area is 443 Å². The average molecular weight is 1100 g/mol. The molecule has 5 aliphatic carbocycles. The summed E-state index contributed by atoms with van der Waals surface area (Å²) >= 11 is 0. The van der Waals surface area contributed by atoms with Crippen molar-refractivity contribution in [3.63, 3.8) is 0 Å². The van der Waals surface area contributed by atoms with Crippen LogP contribution in [-0.2, 0) is 37.9 Å². The van der Waals surface area contributed by atoms with Crippen LogP contribution in [0.25, 0.3) is 0 Å². The molecule has 31 atom stereocenters. The van der Waals surface area contributed by atoms with E-state index in [1.807, 2.05) is 0 Å². The molecule has 9 fully saturated rings. The Balaban J connectivity index is 0.988. The topological polar surface area (TPSA) is 377 Å². The SMILES string of the molecule is CC(CCC(OC1OC(CO)C(O)C(O)C1O)C(C)(C)O)C1C(O)CC2(C)C3CC(OC4OC(CO)C(O)C(O)C4O)C4C(C)(C)C(OC5OCC(O)C(O)C5OC5OC(C)C(O)C(O)C5O)CCC45CC35CCC12C. The first-order chi connectivity index (χ1) is 35.4. The van der Waals surface area contributed by atoms with Crippen LogP contribution in [0.15, 0.2) is 0 Å². The van der Waals surface area contributed by atoms with Gasteiger partial charge in [0.1, 0.15) is 85.5 Å². The van der Waals surface area contributed by atoms with Crippen molar-refractivity contribution in [2.24, 2.45) is 50.7 Å². The van der Waals surface area contributed by atoms with Crippen LogP contribution in [0.5, 0.6) is 0 Å². The molecule has 2 spiro atoms. The molecule has 440 valence electrons. The molecule has 4 heterocycles. The van der Waals surface area contributed by atoms with Gasteiger partial charge in [0.25, 0.3) is 0 Å². The zero-order valence-electron chi connectivity index (χ0n) is 45.0. The third kappa shape index (κ3) is 9.58. The van der Waals surface area contributed by atoms with E-state index in [4.69, 9.17) is 37.9 Å². The molecule has 0 bridgehead atoms. The Morgan fingerprint density at radius 3 is 1.79 bits per heavy atom. The van der Waals surface area contributed by atoms with Crippen molar-refractivity contribution in [3.8, 4) is 0 Å². The van der Waals surface area contributed by atoms with Crippen LogP contribution in [-0.4, -0.2) is 243 Å². The Hall–Kier alpha value is -0.920. The largest absolute Gasteiger partial charge is 0.394 e. The second-order valence-corrected chi connectivity index (χ2v) is 26.3. The summed E-state index contributed by atoms with van der Waals surface area (Å²) in [5, 5.41) is 163. The van der Waals surface area contributed by atoms with Crippen molar-refractivity contribution in [1.29, 1.82) is 0 Å². The molecule has 31 unspecified atom stereocenters. The van der Waals surface area contributed by atoms with Crippen molar-refractivity contribution >= 4 is 0 Å². The van der Waals surface area contributed by atoms with E-state index in [0.29, 0.717) is 32.1 Å². The summed E-state index contributed by atoms with van der Waals surface area (Å²) in [6, 6.07) is 0. The molecular weight excluding hydrogens is 1000 g/mol. The second-order valence-electron chi connectivity index (χ2n) is 26.3. The predicted molar refractivity (Wildman–Crippen MR) is 259 cm³/mol. The maximum absolute atomic E-state index is 12.4. The molecule has 0 radical (unpaired) electrons. The first kappa shape index (κ1) is 59.7. The summed E-state index contributed by atoms with van der Waals surface area (Å²) in [5.41, 5.74) is -3.77. The van der Waals surface area contributed by atoms with Gasteiger partial charge in [0.15, 0.2) is 25.2 Å². The van der Waals surface area contributed by atoms with Crippen LogP contribution in [0.2, 0.25) is 0 Å². The van der Waals surface area contributed by atoms with E-state index >= 15 is 0 Å². The number of aliphatic hydroxyl groups excluding tert-OH is 14. The van der Waals surface area contributed by atoms with Gasteiger partial charge in [-0.05, 0) is 129 Å². The Morgan fingerprint density at radius 1 is 0.605 bits per heavy atom. The van der Waals surface area contributed by atoms with Crippen LogP contribution in [0.1, 0.15) is 113 Å². The molecule has 0 amide bonds. The van der Waals surface area contributed by atoms with Crippen molar-refractivity contribution in [1.82, 2.24) is 0 Å². The Kier molecular flexibility index (Phi) is 16.8. The molecule has 15 N–H and O–H groups in total. The van der Waals surface area contributed by atoms with Gasteiger partial charge in [-0.25, -0.2) is 0 Å². The molecule has 9 aliphatic rings. The molecule has 23 nitrogen and oxygen atoms in total. The molecule has 23 heteroatoms. The molecule has 4 saturated heterocycles. The number of fused-ring (bicyclic) bond motifs is 2. The van der Waals surface area contributed by atoms with Crippen LogP contribution in [0.3, 0.4) is 0 Å². The van der Waals surface area contributed by atoms with Crippen LogP contribution in [0.4, 0.5) is 0 Å². The lowest BCUT2D eigenvalue weighted by Gasteiger charge is -2.65. The van der Waals surface area contributed by atoms with Crippen molar-refractivity contribution in [3.05, 3.63) is 0 Å². The summed E-state index contributed by atoms with van der Waals surface area (Å²) < 4.78 is 49.6. The summed E-state index contributed by atoms with van der Waals surface area (Å²) in [4.78, 5) is 0. The van der Waals surface area contributed by atoms with E-state index in [1.54, 1.807) is 13.8 Å². The van der Waals surface area contributed by atoms with Gasteiger partial charge in [0.2, 0.25) is 0 Å². The van der Waals surface area contributed by atoms with Gasteiger partial charge >= 0.3 is 0 Å². The summed E-state index contributed by atoms with van der Waals surface area (Å²) in [7, 11) is 0. The van der Waals surface area contributed by atoms with Gasteiger partial charge < -0.3 is 114 Å². The highest BCUT2D eigenvalue weighted by Crippen LogP contribution is 2.89. The van der Waals surface area contributed by atoms with E-state index in [9.17, 15) is 76.6 Å².